The lowest BCUT2D eigenvalue weighted by molar-refractivity contribution is 0.631. The maximum atomic E-state index is 14.3. The largest absolute Gasteiger partial charge is 0.324 e. The van der Waals surface area contributed by atoms with E-state index in [0.717, 1.165) is 10.4 Å². The van der Waals surface area contributed by atoms with Crippen LogP contribution in [0.5, 0.6) is 0 Å². The third-order valence-corrected chi connectivity index (χ3v) is 5.58. The van der Waals surface area contributed by atoms with Gasteiger partial charge in [-0.2, -0.15) is 0 Å². The third kappa shape index (κ3) is 3.15. The molecule has 0 saturated carbocycles. The molecule has 1 N–H and O–H groups in total. The van der Waals surface area contributed by atoms with Gasteiger partial charge in [0.1, 0.15) is 28.5 Å². The lowest BCUT2D eigenvalue weighted by Crippen LogP contribution is -1.97. The second-order valence-electron chi connectivity index (χ2n) is 5.42. The number of rotatable bonds is 3. The van der Waals surface area contributed by atoms with E-state index in [2.05, 4.69) is 41.2 Å². The molecule has 0 atom stereocenters. The molecule has 130 valence electrons. The van der Waals surface area contributed by atoms with Gasteiger partial charge in [0.05, 0.1) is 19.8 Å². The third-order valence-electron chi connectivity index (χ3n) is 3.60. The topological polar surface area (TPSA) is 63.6 Å². The Hall–Kier alpha value is -2.16. The highest BCUT2D eigenvalue weighted by Crippen LogP contribution is 2.40. The van der Waals surface area contributed by atoms with Crippen molar-refractivity contribution in [1.82, 2.24) is 19.9 Å². The first-order chi connectivity index (χ1) is 12.5. The van der Waals surface area contributed by atoms with E-state index in [0.29, 0.717) is 31.7 Å². The van der Waals surface area contributed by atoms with E-state index in [1.165, 1.54) is 23.7 Å². The van der Waals surface area contributed by atoms with Crippen LogP contribution in [-0.4, -0.2) is 19.9 Å². The van der Waals surface area contributed by atoms with Crippen molar-refractivity contribution in [1.29, 1.82) is 0 Å². The molecule has 0 aliphatic rings. The number of fused-ring (bicyclic) bond motifs is 1. The van der Waals surface area contributed by atoms with Crippen LogP contribution >= 0.6 is 38.9 Å². The summed E-state index contributed by atoms with van der Waals surface area (Å²) in [5.41, 5.74) is 1.79. The molecule has 3 heterocycles. The highest BCUT2D eigenvalue weighted by molar-refractivity contribution is 9.10. The van der Waals surface area contributed by atoms with Gasteiger partial charge in [0, 0.05) is 18.0 Å². The zero-order valence-electron chi connectivity index (χ0n) is 13.3. The molecule has 0 bridgehead atoms. The van der Waals surface area contributed by atoms with Crippen molar-refractivity contribution in [2.24, 2.45) is 0 Å². The van der Waals surface area contributed by atoms with Gasteiger partial charge in [-0.15, -0.1) is 11.3 Å². The number of aryl methyl sites for hydroxylation is 1. The fourth-order valence-corrected chi connectivity index (χ4v) is 4.35. The summed E-state index contributed by atoms with van der Waals surface area (Å²) in [4.78, 5) is 17.2. The molecule has 5 nitrogen and oxygen atoms in total. The summed E-state index contributed by atoms with van der Waals surface area (Å²) >= 11 is 10.9. The van der Waals surface area contributed by atoms with Crippen LogP contribution in [0.15, 0.2) is 41.3 Å². The van der Waals surface area contributed by atoms with E-state index in [1.54, 1.807) is 18.3 Å². The first-order valence-corrected chi connectivity index (χ1v) is 9.47. The average molecular weight is 451 g/mol. The van der Waals surface area contributed by atoms with Crippen molar-refractivity contribution < 1.29 is 4.39 Å². The van der Waals surface area contributed by atoms with Crippen molar-refractivity contribution in [3.63, 3.8) is 0 Å². The van der Waals surface area contributed by atoms with E-state index in [9.17, 15) is 4.39 Å². The number of nitrogens with one attached hydrogen (secondary N) is 1. The van der Waals surface area contributed by atoms with Gasteiger partial charge in [-0.05, 0) is 35.0 Å². The van der Waals surface area contributed by atoms with Crippen molar-refractivity contribution in [3.8, 4) is 10.6 Å². The number of hydrogen-bond donors (Lipinski definition) is 1. The molecule has 0 saturated heterocycles. The Kier molecular flexibility index (Phi) is 4.56. The van der Waals surface area contributed by atoms with Gasteiger partial charge >= 0.3 is 0 Å². The fraction of sp³-hybridized carbons (Fsp3) is 0.0588. The number of benzene rings is 1. The molecule has 0 spiro atoms. The van der Waals surface area contributed by atoms with Gasteiger partial charge < -0.3 is 5.32 Å². The Labute approximate surface area is 165 Å². The van der Waals surface area contributed by atoms with Crippen LogP contribution < -0.4 is 5.32 Å². The summed E-state index contributed by atoms with van der Waals surface area (Å²) in [5, 5.41) is 3.97. The predicted molar refractivity (Wildman–Crippen MR) is 106 cm³/mol. The molecule has 0 amide bonds. The molecule has 0 fully saturated rings. The Morgan fingerprint density at radius 3 is 2.85 bits per heavy atom. The normalized spacial score (nSPS) is 11.1. The number of thiazole rings is 1. The van der Waals surface area contributed by atoms with Gasteiger partial charge in [-0.25, -0.2) is 24.3 Å². The molecule has 0 aliphatic heterocycles. The zero-order chi connectivity index (χ0) is 18.3. The van der Waals surface area contributed by atoms with Crippen molar-refractivity contribution in [2.75, 3.05) is 5.32 Å². The van der Waals surface area contributed by atoms with E-state index < -0.39 is 5.82 Å². The fourth-order valence-electron chi connectivity index (χ4n) is 2.43. The van der Waals surface area contributed by atoms with E-state index in [-0.39, 0.29) is 5.56 Å². The monoisotopic (exact) mass is 449 g/mol. The van der Waals surface area contributed by atoms with Crippen LogP contribution in [0.1, 0.15) is 5.69 Å². The smallest absolute Gasteiger partial charge is 0.151 e. The highest BCUT2D eigenvalue weighted by atomic mass is 79.9. The summed E-state index contributed by atoms with van der Waals surface area (Å²) in [6, 6.07) is 6.38. The van der Waals surface area contributed by atoms with E-state index >= 15 is 0 Å². The maximum Gasteiger partial charge on any atom is 0.151 e. The van der Waals surface area contributed by atoms with Gasteiger partial charge in [-0.3, -0.25) is 0 Å². The lowest BCUT2D eigenvalue weighted by Gasteiger charge is -2.06. The quantitative estimate of drug-likeness (QED) is 0.430. The number of hydrogen-bond acceptors (Lipinski definition) is 6. The molecule has 4 rings (SSSR count). The highest BCUT2D eigenvalue weighted by Gasteiger charge is 2.18. The van der Waals surface area contributed by atoms with Crippen LogP contribution in [-0.2, 0) is 0 Å². The Morgan fingerprint density at radius 1 is 1.23 bits per heavy atom. The molecule has 0 unspecified atom stereocenters. The molecule has 0 radical (unpaired) electrons. The Balaban J connectivity index is 1.86. The van der Waals surface area contributed by atoms with Crippen LogP contribution in [0.2, 0.25) is 5.02 Å². The summed E-state index contributed by atoms with van der Waals surface area (Å²) < 4.78 is 15.8. The van der Waals surface area contributed by atoms with Gasteiger partial charge in [0.2, 0.25) is 0 Å². The minimum absolute atomic E-state index is 0.283. The Morgan fingerprint density at radius 2 is 2.08 bits per heavy atom. The van der Waals surface area contributed by atoms with Gasteiger partial charge in [-0.1, -0.05) is 17.7 Å². The van der Waals surface area contributed by atoms with Crippen molar-refractivity contribution in [3.05, 3.63) is 57.8 Å². The van der Waals surface area contributed by atoms with E-state index in [1.807, 2.05) is 13.0 Å². The van der Waals surface area contributed by atoms with Crippen molar-refractivity contribution in [2.45, 2.75) is 6.92 Å². The van der Waals surface area contributed by atoms with Gasteiger partial charge in [0.15, 0.2) is 5.82 Å². The SMILES string of the molecule is Cc1cc(Nc2ncc(Br)c3nc(-c4c(F)cccc4Cl)sc23)ncn1. The van der Waals surface area contributed by atoms with Crippen LogP contribution in [0.3, 0.4) is 0 Å². The van der Waals surface area contributed by atoms with Crippen LogP contribution in [0.25, 0.3) is 20.8 Å². The first-order valence-electron chi connectivity index (χ1n) is 7.48. The van der Waals surface area contributed by atoms with Gasteiger partial charge in [0.25, 0.3) is 0 Å². The van der Waals surface area contributed by atoms with Crippen LogP contribution in [0.4, 0.5) is 16.0 Å². The molecule has 4 aromatic rings. The van der Waals surface area contributed by atoms with E-state index in [4.69, 9.17) is 11.6 Å². The molecular weight excluding hydrogens is 441 g/mol. The number of pyridine rings is 1. The Bertz CT molecular complexity index is 1110. The number of aromatic nitrogens is 4. The van der Waals surface area contributed by atoms with Crippen LogP contribution in [0, 0.1) is 12.7 Å². The first kappa shape index (κ1) is 17.3. The molecular formula is C17H10BrClFN5S. The average Bonchev–Trinajstić information content (AvgIpc) is 3.03. The maximum absolute atomic E-state index is 14.3. The summed E-state index contributed by atoms with van der Waals surface area (Å²) in [7, 11) is 0. The number of halogens is 3. The molecule has 3 aromatic heterocycles. The molecule has 26 heavy (non-hydrogen) atoms. The molecule has 9 heteroatoms. The number of nitrogens with zero attached hydrogens (tertiary/aromatic N) is 4. The number of anilines is 2. The second kappa shape index (κ2) is 6.86. The van der Waals surface area contributed by atoms with Crippen molar-refractivity contribution >= 4 is 60.7 Å². The summed E-state index contributed by atoms with van der Waals surface area (Å²) in [6.07, 6.45) is 3.12. The predicted octanol–water partition coefficient (Wildman–Crippen LogP) is 5.76. The summed E-state index contributed by atoms with van der Waals surface area (Å²) in [6.45, 7) is 1.88. The molecule has 0 aliphatic carbocycles. The minimum atomic E-state index is -0.415. The summed E-state index contributed by atoms with van der Waals surface area (Å²) in [5.74, 6) is 0.784. The standard InChI is InChI=1S/C17H10BrClFN5S/c1-8-5-12(23-7-22-8)24-16-15-14(9(18)6-21-16)25-17(26-15)13-10(19)3-2-4-11(13)20/h2-7H,1H3,(H,21,22,23,24). The lowest BCUT2D eigenvalue weighted by atomic mass is 10.2. The zero-order valence-corrected chi connectivity index (χ0v) is 16.5. The second-order valence-corrected chi connectivity index (χ2v) is 7.68. The minimum Gasteiger partial charge on any atom is -0.324 e. The molecule has 1 aromatic carbocycles.